The van der Waals surface area contributed by atoms with Crippen LogP contribution < -0.4 is 5.56 Å². The standard InChI is InChI=1S/C22H21FN4O3/c1-14(28)26-8-10-27(11-9-26)22(30)18-12-15(6-7-19(18)23)13-20-16-4-2-3-5-17(16)21(29)25-24-20/h2-7,12H,8-11,13H2,1H3,(H,25,29). The van der Waals surface area contributed by atoms with E-state index in [1.54, 1.807) is 28.0 Å². The highest BCUT2D eigenvalue weighted by atomic mass is 19.1. The van der Waals surface area contributed by atoms with Gasteiger partial charge in [0.2, 0.25) is 5.91 Å². The van der Waals surface area contributed by atoms with E-state index in [0.29, 0.717) is 49.2 Å². The number of hydrogen-bond donors (Lipinski definition) is 1. The Hall–Kier alpha value is -3.55. The van der Waals surface area contributed by atoms with Crippen LogP contribution in [0.1, 0.15) is 28.5 Å². The lowest BCUT2D eigenvalue weighted by molar-refractivity contribution is -0.130. The van der Waals surface area contributed by atoms with Crippen molar-refractivity contribution in [1.82, 2.24) is 20.0 Å². The van der Waals surface area contributed by atoms with Crippen LogP contribution in [0.5, 0.6) is 0 Å². The molecule has 4 rings (SSSR count). The summed E-state index contributed by atoms with van der Waals surface area (Å²) in [7, 11) is 0. The van der Waals surface area contributed by atoms with Gasteiger partial charge in [-0.2, -0.15) is 5.10 Å². The van der Waals surface area contributed by atoms with Crippen LogP contribution >= 0.6 is 0 Å². The third kappa shape index (κ3) is 3.80. The van der Waals surface area contributed by atoms with Crippen molar-refractivity contribution in [3.05, 3.63) is 75.5 Å². The number of piperazine rings is 1. The zero-order valence-electron chi connectivity index (χ0n) is 16.5. The molecule has 0 unspecified atom stereocenters. The summed E-state index contributed by atoms with van der Waals surface area (Å²) in [5, 5.41) is 7.89. The summed E-state index contributed by atoms with van der Waals surface area (Å²) in [5.74, 6) is -1.01. The van der Waals surface area contributed by atoms with Crippen molar-refractivity contribution in [1.29, 1.82) is 0 Å². The van der Waals surface area contributed by atoms with Crippen LogP contribution in [-0.4, -0.2) is 58.0 Å². The van der Waals surface area contributed by atoms with Crippen LogP contribution in [0.25, 0.3) is 10.8 Å². The maximum Gasteiger partial charge on any atom is 0.272 e. The second-order valence-electron chi connectivity index (χ2n) is 7.33. The summed E-state index contributed by atoms with van der Waals surface area (Å²) in [6.45, 7) is 3.11. The smallest absolute Gasteiger partial charge is 0.272 e. The molecule has 2 amide bonds. The van der Waals surface area contributed by atoms with Gasteiger partial charge in [0.1, 0.15) is 5.82 Å². The van der Waals surface area contributed by atoms with Crippen molar-refractivity contribution in [3.63, 3.8) is 0 Å². The minimum Gasteiger partial charge on any atom is -0.339 e. The number of aromatic amines is 1. The topological polar surface area (TPSA) is 86.4 Å². The van der Waals surface area contributed by atoms with Crippen molar-refractivity contribution in [2.45, 2.75) is 13.3 Å². The molecule has 8 heteroatoms. The first-order valence-electron chi connectivity index (χ1n) is 9.73. The van der Waals surface area contributed by atoms with Gasteiger partial charge in [-0.25, -0.2) is 9.49 Å². The van der Waals surface area contributed by atoms with Gasteiger partial charge in [0.05, 0.1) is 16.6 Å². The molecule has 1 aromatic heterocycles. The molecule has 0 saturated carbocycles. The molecular formula is C22H21FN4O3. The fourth-order valence-electron chi connectivity index (χ4n) is 3.74. The SMILES string of the molecule is CC(=O)N1CCN(C(=O)c2cc(Cc3n[nH]c(=O)c4ccccc34)ccc2F)CC1. The number of carbonyl (C=O) groups is 2. The number of nitrogens with one attached hydrogen (secondary N) is 1. The van der Waals surface area contributed by atoms with Crippen LogP contribution in [0, 0.1) is 5.82 Å². The molecule has 3 aromatic rings. The number of hydrogen-bond acceptors (Lipinski definition) is 4. The van der Waals surface area contributed by atoms with Crippen LogP contribution in [0.2, 0.25) is 0 Å². The average molecular weight is 408 g/mol. The van der Waals surface area contributed by atoms with Gasteiger partial charge < -0.3 is 9.80 Å². The van der Waals surface area contributed by atoms with Gasteiger partial charge in [-0.05, 0) is 23.8 Å². The number of carbonyl (C=O) groups excluding carboxylic acids is 2. The van der Waals surface area contributed by atoms with Crippen molar-refractivity contribution in [3.8, 4) is 0 Å². The molecule has 1 aliphatic heterocycles. The highest BCUT2D eigenvalue weighted by Gasteiger charge is 2.25. The molecule has 1 aliphatic rings. The van der Waals surface area contributed by atoms with Crippen LogP contribution in [-0.2, 0) is 11.2 Å². The maximum absolute atomic E-state index is 14.4. The van der Waals surface area contributed by atoms with E-state index < -0.39 is 11.7 Å². The number of halogens is 1. The quantitative estimate of drug-likeness (QED) is 0.718. The Morgan fingerprint density at radius 1 is 1.03 bits per heavy atom. The van der Waals surface area contributed by atoms with E-state index in [0.717, 1.165) is 5.39 Å². The van der Waals surface area contributed by atoms with Crippen LogP contribution in [0.15, 0.2) is 47.3 Å². The fraction of sp³-hybridized carbons (Fsp3) is 0.273. The molecule has 0 spiro atoms. The molecule has 1 saturated heterocycles. The zero-order valence-corrected chi connectivity index (χ0v) is 16.5. The summed E-state index contributed by atoms with van der Waals surface area (Å²) in [4.78, 5) is 39.5. The number of aromatic nitrogens is 2. The van der Waals surface area contributed by atoms with Crippen LogP contribution in [0.3, 0.4) is 0 Å². The van der Waals surface area contributed by atoms with Crippen molar-refractivity contribution < 1.29 is 14.0 Å². The van der Waals surface area contributed by atoms with E-state index >= 15 is 0 Å². The molecule has 0 atom stereocenters. The Morgan fingerprint density at radius 3 is 2.40 bits per heavy atom. The predicted molar refractivity (Wildman–Crippen MR) is 110 cm³/mol. The number of rotatable bonds is 3. The first-order valence-corrected chi connectivity index (χ1v) is 9.73. The lowest BCUT2D eigenvalue weighted by Gasteiger charge is -2.34. The van der Waals surface area contributed by atoms with Gasteiger partial charge in [0, 0.05) is 44.9 Å². The average Bonchev–Trinajstić information content (AvgIpc) is 2.76. The highest BCUT2D eigenvalue weighted by molar-refractivity contribution is 5.95. The van der Waals surface area contributed by atoms with E-state index in [4.69, 9.17) is 0 Å². The second-order valence-corrected chi connectivity index (χ2v) is 7.33. The molecule has 30 heavy (non-hydrogen) atoms. The van der Waals surface area contributed by atoms with Crippen molar-refractivity contribution in [2.75, 3.05) is 26.2 Å². The molecule has 154 valence electrons. The Balaban J connectivity index is 1.59. The minimum atomic E-state index is -0.586. The molecular weight excluding hydrogens is 387 g/mol. The summed E-state index contributed by atoms with van der Waals surface area (Å²) in [5.41, 5.74) is 1.09. The lowest BCUT2D eigenvalue weighted by atomic mass is 10.0. The second kappa shape index (κ2) is 8.06. The number of amides is 2. The third-order valence-electron chi connectivity index (χ3n) is 5.42. The van der Waals surface area contributed by atoms with Crippen molar-refractivity contribution >= 4 is 22.6 Å². The van der Waals surface area contributed by atoms with Gasteiger partial charge in [0.25, 0.3) is 11.5 Å². The third-order valence-corrected chi connectivity index (χ3v) is 5.42. The molecule has 0 aliphatic carbocycles. The van der Waals surface area contributed by atoms with Crippen LogP contribution in [0.4, 0.5) is 4.39 Å². The monoisotopic (exact) mass is 408 g/mol. The largest absolute Gasteiger partial charge is 0.339 e. The first kappa shape index (κ1) is 19.8. The number of benzene rings is 2. The Kier molecular flexibility index (Phi) is 5.31. The molecule has 0 bridgehead atoms. The summed E-state index contributed by atoms with van der Waals surface area (Å²) >= 11 is 0. The van der Waals surface area contributed by atoms with Gasteiger partial charge in [-0.1, -0.05) is 24.3 Å². The van der Waals surface area contributed by atoms with Gasteiger partial charge in [0.15, 0.2) is 0 Å². The van der Waals surface area contributed by atoms with Gasteiger partial charge in [-0.3, -0.25) is 14.4 Å². The van der Waals surface area contributed by atoms with Gasteiger partial charge in [-0.15, -0.1) is 0 Å². The Morgan fingerprint density at radius 2 is 1.70 bits per heavy atom. The molecule has 0 radical (unpaired) electrons. The van der Waals surface area contributed by atoms with E-state index in [-0.39, 0.29) is 17.0 Å². The highest BCUT2D eigenvalue weighted by Crippen LogP contribution is 2.20. The normalized spacial score (nSPS) is 14.2. The molecule has 7 nitrogen and oxygen atoms in total. The fourth-order valence-corrected chi connectivity index (χ4v) is 3.74. The first-order chi connectivity index (χ1) is 14.4. The zero-order chi connectivity index (χ0) is 21.3. The lowest BCUT2D eigenvalue weighted by Crippen LogP contribution is -2.50. The van der Waals surface area contributed by atoms with E-state index in [9.17, 15) is 18.8 Å². The van der Waals surface area contributed by atoms with E-state index in [2.05, 4.69) is 10.2 Å². The number of fused-ring (bicyclic) bond motifs is 1. The Labute approximate surface area is 172 Å². The van der Waals surface area contributed by atoms with E-state index in [1.165, 1.54) is 19.1 Å². The minimum absolute atomic E-state index is 0.00231. The summed E-state index contributed by atoms with van der Waals surface area (Å²) in [6.07, 6.45) is 0.343. The number of nitrogens with zero attached hydrogens (tertiary/aromatic N) is 3. The van der Waals surface area contributed by atoms with Gasteiger partial charge >= 0.3 is 0 Å². The summed E-state index contributed by atoms with van der Waals surface area (Å²) < 4.78 is 14.4. The maximum atomic E-state index is 14.4. The molecule has 2 heterocycles. The molecule has 2 aromatic carbocycles. The van der Waals surface area contributed by atoms with E-state index in [1.807, 2.05) is 12.1 Å². The van der Waals surface area contributed by atoms with Crippen molar-refractivity contribution in [2.24, 2.45) is 0 Å². The molecule has 1 fully saturated rings. The molecule has 1 N–H and O–H groups in total. The summed E-state index contributed by atoms with van der Waals surface area (Å²) in [6, 6.07) is 11.6. The number of H-pyrrole nitrogens is 1. The predicted octanol–water partition coefficient (Wildman–Crippen LogP) is 1.96. The Bertz CT molecular complexity index is 1180.